The first-order valence-corrected chi connectivity index (χ1v) is 8.46. The molecule has 6 heteroatoms. The molecule has 2 N–H and O–H groups in total. The highest BCUT2D eigenvalue weighted by Crippen LogP contribution is 2.24. The van der Waals surface area contributed by atoms with E-state index in [4.69, 9.17) is 5.73 Å². The molecule has 2 aromatic rings. The first kappa shape index (κ1) is 15.9. The van der Waals surface area contributed by atoms with E-state index in [2.05, 4.69) is 53.1 Å². The molecule has 0 unspecified atom stereocenters. The van der Waals surface area contributed by atoms with Crippen molar-refractivity contribution >= 4 is 5.82 Å². The lowest BCUT2D eigenvalue weighted by Gasteiger charge is -2.31. The monoisotopic (exact) mass is 314 g/mol. The van der Waals surface area contributed by atoms with Crippen LogP contribution in [0.2, 0.25) is 0 Å². The lowest BCUT2D eigenvalue weighted by molar-refractivity contribution is 0.436. The summed E-state index contributed by atoms with van der Waals surface area (Å²) >= 11 is 0. The zero-order chi connectivity index (χ0) is 16.4. The number of anilines is 1. The highest BCUT2D eigenvalue weighted by molar-refractivity contribution is 5.44. The summed E-state index contributed by atoms with van der Waals surface area (Å²) < 4.78 is 1.86. The van der Waals surface area contributed by atoms with Crippen LogP contribution in [-0.2, 0) is 6.54 Å². The van der Waals surface area contributed by atoms with Gasteiger partial charge in [0.05, 0.1) is 17.6 Å². The zero-order valence-electron chi connectivity index (χ0n) is 14.2. The normalized spacial score (nSPS) is 16.3. The third kappa shape index (κ3) is 3.22. The molecule has 124 valence electrons. The molecular formula is C17H26N6. The molecule has 0 saturated carbocycles. The van der Waals surface area contributed by atoms with Gasteiger partial charge in [0.15, 0.2) is 0 Å². The maximum atomic E-state index is 5.77. The van der Waals surface area contributed by atoms with E-state index in [-0.39, 0.29) is 0 Å². The largest absolute Gasteiger partial charge is 0.357 e. The summed E-state index contributed by atoms with van der Waals surface area (Å²) in [5.41, 5.74) is 8.63. The number of hydrogen-bond acceptors (Lipinski definition) is 5. The molecule has 0 atom stereocenters. The molecule has 0 amide bonds. The second kappa shape index (κ2) is 6.66. The first-order valence-electron chi connectivity index (χ1n) is 8.46. The van der Waals surface area contributed by atoms with Crippen molar-refractivity contribution in [2.24, 2.45) is 11.7 Å². The van der Waals surface area contributed by atoms with Crippen LogP contribution < -0.4 is 10.6 Å². The van der Waals surface area contributed by atoms with Crippen LogP contribution in [-0.4, -0.2) is 33.1 Å². The zero-order valence-corrected chi connectivity index (χ0v) is 14.2. The Kier molecular flexibility index (Phi) is 4.61. The standard InChI is InChI=1S/C17H26N6/c1-12(2)17-15(10-18)20-21-23(17)14-4-5-16(19-11-14)22-8-6-13(3)7-9-22/h4-5,11-13H,6-10,18H2,1-3H3. The van der Waals surface area contributed by atoms with E-state index in [1.807, 2.05) is 10.9 Å². The van der Waals surface area contributed by atoms with Gasteiger partial charge >= 0.3 is 0 Å². The summed E-state index contributed by atoms with van der Waals surface area (Å²) in [6.45, 7) is 9.17. The van der Waals surface area contributed by atoms with E-state index < -0.39 is 0 Å². The summed E-state index contributed by atoms with van der Waals surface area (Å²) in [5, 5.41) is 8.47. The lowest BCUT2D eigenvalue weighted by atomic mass is 9.99. The fourth-order valence-electron chi connectivity index (χ4n) is 3.16. The minimum absolute atomic E-state index is 0.312. The molecule has 3 rings (SSSR count). The van der Waals surface area contributed by atoms with E-state index >= 15 is 0 Å². The van der Waals surface area contributed by atoms with Crippen molar-refractivity contribution < 1.29 is 0 Å². The SMILES string of the molecule is CC1CCN(c2ccc(-n3nnc(CN)c3C(C)C)cn2)CC1. The van der Waals surface area contributed by atoms with Gasteiger partial charge in [0, 0.05) is 19.6 Å². The Labute approximate surface area is 137 Å². The van der Waals surface area contributed by atoms with Gasteiger partial charge in [-0.3, -0.25) is 0 Å². The number of nitrogens with zero attached hydrogens (tertiary/aromatic N) is 5. The third-order valence-corrected chi connectivity index (χ3v) is 4.60. The van der Waals surface area contributed by atoms with Crippen molar-refractivity contribution in [3.8, 4) is 5.69 Å². The Hall–Kier alpha value is -1.95. The highest BCUT2D eigenvalue weighted by atomic mass is 15.4. The van der Waals surface area contributed by atoms with Gasteiger partial charge < -0.3 is 10.6 Å². The summed E-state index contributed by atoms with van der Waals surface area (Å²) in [4.78, 5) is 7.01. The van der Waals surface area contributed by atoms with Crippen molar-refractivity contribution in [2.45, 2.75) is 46.1 Å². The number of nitrogens with two attached hydrogens (primary N) is 1. The molecule has 1 aliphatic rings. The van der Waals surface area contributed by atoms with Crippen LogP contribution in [0, 0.1) is 5.92 Å². The smallest absolute Gasteiger partial charge is 0.128 e. The minimum atomic E-state index is 0.312. The molecule has 1 aliphatic heterocycles. The van der Waals surface area contributed by atoms with Crippen LogP contribution >= 0.6 is 0 Å². The van der Waals surface area contributed by atoms with Gasteiger partial charge in [-0.2, -0.15) is 0 Å². The molecule has 23 heavy (non-hydrogen) atoms. The summed E-state index contributed by atoms with van der Waals surface area (Å²) in [6.07, 6.45) is 4.36. The molecule has 0 bridgehead atoms. The first-order chi connectivity index (χ1) is 11.1. The second-order valence-electron chi connectivity index (χ2n) is 6.74. The molecule has 1 fully saturated rings. The predicted octanol–water partition coefficient (Wildman–Crippen LogP) is 2.48. The number of rotatable bonds is 4. The highest BCUT2D eigenvalue weighted by Gasteiger charge is 2.19. The maximum absolute atomic E-state index is 5.77. The Bertz CT molecular complexity index is 638. The van der Waals surface area contributed by atoms with Crippen LogP contribution in [0.5, 0.6) is 0 Å². The summed E-state index contributed by atoms with van der Waals surface area (Å²) in [5.74, 6) is 2.18. The van der Waals surface area contributed by atoms with E-state index in [1.54, 1.807) is 0 Å². The maximum Gasteiger partial charge on any atom is 0.128 e. The van der Waals surface area contributed by atoms with Gasteiger partial charge in [-0.25, -0.2) is 9.67 Å². The van der Waals surface area contributed by atoms with Gasteiger partial charge in [-0.1, -0.05) is 26.0 Å². The van der Waals surface area contributed by atoms with Crippen molar-refractivity contribution in [1.29, 1.82) is 0 Å². The fraction of sp³-hybridized carbons (Fsp3) is 0.588. The number of aromatic nitrogens is 4. The topological polar surface area (TPSA) is 72.9 Å². The molecule has 6 nitrogen and oxygen atoms in total. The van der Waals surface area contributed by atoms with Crippen LogP contribution in [0.3, 0.4) is 0 Å². The Morgan fingerprint density at radius 3 is 2.57 bits per heavy atom. The van der Waals surface area contributed by atoms with Crippen molar-refractivity contribution in [2.75, 3.05) is 18.0 Å². The Morgan fingerprint density at radius 2 is 2.00 bits per heavy atom. The quantitative estimate of drug-likeness (QED) is 0.938. The van der Waals surface area contributed by atoms with Crippen molar-refractivity contribution in [1.82, 2.24) is 20.0 Å². The predicted molar refractivity (Wildman–Crippen MR) is 91.7 cm³/mol. The van der Waals surface area contributed by atoms with E-state index in [0.29, 0.717) is 12.5 Å². The van der Waals surface area contributed by atoms with Gasteiger partial charge in [0.2, 0.25) is 0 Å². The van der Waals surface area contributed by atoms with Crippen LogP contribution in [0.15, 0.2) is 18.3 Å². The summed E-state index contributed by atoms with van der Waals surface area (Å²) in [7, 11) is 0. The van der Waals surface area contributed by atoms with Crippen LogP contribution in [0.4, 0.5) is 5.82 Å². The van der Waals surface area contributed by atoms with Gasteiger partial charge in [-0.05, 0) is 36.8 Å². The van der Waals surface area contributed by atoms with Crippen molar-refractivity contribution in [3.63, 3.8) is 0 Å². The average molecular weight is 314 g/mol. The van der Waals surface area contributed by atoms with E-state index in [9.17, 15) is 0 Å². The van der Waals surface area contributed by atoms with Crippen molar-refractivity contribution in [3.05, 3.63) is 29.7 Å². The summed E-state index contributed by atoms with van der Waals surface area (Å²) in [6, 6.07) is 4.15. The molecule has 0 spiro atoms. The molecule has 0 radical (unpaired) electrons. The number of piperidine rings is 1. The fourth-order valence-corrected chi connectivity index (χ4v) is 3.16. The van der Waals surface area contributed by atoms with Gasteiger partial charge in [0.1, 0.15) is 11.5 Å². The van der Waals surface area contributed by atoms with E-state index in [1.165, 1.54) is 12.8 Å². The molecule has 0 aliphatic carbocycles. The van der Waals surface area contributed by atoms with E-state index in [0.717, 1.165) is 41.9 Å². The third-order valence-electron chi connectivity index (χ3n) is 4.60. The number of pyridine rings is 1. The lowest BCUT2D eigenvalue weighted by Crippen LogP contribution is -2.33. The number of hydrogen-bond donors (Lipinski definition) is 1. The molecule has 2 aromatic heterocycles. The molecule has 1 saturated heterocycles. The molecule has 0 aromatic carbocycles. The Morgan fingerprint density at radius 1 is 1.26 bits per heavy atom. The minimum Gasteiger partial charge on any atom is -0.357 e. The molecule has 3 heterocycles. The molecular weight excluding hydrogens is 288 g/mol. The average Bonchev–Trinajstić information content (AvgIpc) is 3.00. The Balaban J connectivity index is 1.84. The van der Waals surface area contributed by atoms with Gasteiger partial charge in [-0.15, -0.1) is 5.10 Å². The van der Waals surface area contributed by atoms with Crippen LogP contribution in [0.1, 0.15) is 50.9 Å². The van der Waals surface area contributed by atoms with Crippen LogP contribution in [0.25, 0.3) is 5.69 Å². The second-order valence-corrected chi connectivity index (χ2v) is 6.74. The van der Waals surface area contributed by atoms with Gasteiger partial charge in [0.25, 0.3) is 0 Å².